The largest absolute Gasteiger partial charge is 0.312 e. The Morgan fingerprint density at radius 2 is 0.988 bits per heavy atom. The minimum absolute atomic E-state index is 0. The van der Waals surface area contributed by atoms with Crippen LogP contribution >= 0.6 is 97.4 Å². The van der Waals surface area contributed by atoms with E-state index in [-0.39, 0.29) is 52.1 Å². The quantitative estimate of drug-likeness (QED) is 0.0904. The first-order valence-corrected chi connectivity index (χ1v) is 35.8. The van der Waals surface area contributed by atoms with Crippen molar-refractivity contribution in [3.8, 4) is 51.6 Å². The predicted octanol–water partition coefficient (Wildman–Crippen LogP) is 18.8. The van der Waals surface area contributed by atoms with Crippen molar-refractivity contribution in [3.63, 3.8) is 0 Å². The number of amides is 2. The fourth-order valence-electron chi connectivity index (χ4n) is 10.1. The van der Waals surface area contributed by atoms with Crippen LogP contribution in [0.3, 0.4) is 0 Å². The van der Waals surface area contributed by atoms with Gasteiger partial charge in [0.05, 0.1) is 45.2 Å². The van der Waals surface area contributed by atoms with E-state index in [2.05, 4.69) is 152 Å². The third-order valence-electron chi connectivity index (χ3n) is 14.4. The summed E-state index contributed by atoms with van der Waals surface area (Å²) in [6, 6.07) is 54.2. The molecule has 10 rings (SSSR count). The molecule has 0 atom stereocenters. The van der Waals surface area contributed by atoms with Crippen LogP contribution in [0.25, 0.3) is 33.4 Å². The summed E-state index contributed by atoms with van der Waals surface area (Å²) < 4.78 is 0.162. The van der Waals surface area contributed by atoms with Gasteiger partial charge in [0, 0.05) is 74.0 Å². The number of nitrogens with zero attached hydrogens (tertiary/aromatic N) is 6. The van der Waals surface area contributed by atoms with Gasteiger partial charge in [-0.1, -0.05) is 228 Å². The molecule has 80 heavy (non-hydrogen) atoms. The summed E-state index contributed by atoms with van der Waals surface area (Å²) in [4.78, 5) is 36.5. The zero-order valence-electron chi connectivity index (χ0n) is 45.0. The maximum atomic E-state index is 13.3. The number of nitrogens with one attached hydrogen (secondary N) is 1. The number of alkyl halides is 3. The third-order valence-corrected chi connectivity index (χ3v) is 16.1. The number of aliphatic imine (C=N–C) groups is 2. The van der Waals surface area contributed by atoms with E-state index in [9.17, 15) is 14.9 Å². The zero-order chi connectivity index (χ0) is 55.9. The molecule has 2 amide bonds. The standard InChI is InChI=1S/C25H27N3O.C14H9Br2N.C14H10BrN.C11H18N2O.ClH.I2.V/c1-2-3-10-23-27-25(15-6-7-16-25)24(29)28(23)18-19-11-13-20(14-12-19)22-9-5-4-8-21(22)17-26;15-14(16)11-7-5-10(6-8-11)13-4-2-1-3-12(13)9-17;15-9-11-5-7-12(8-6-11)14-4-2-1-3-13(14)10-16;1-2-3-6-9-12-10(14)11(13-9)7-4-5-8-11;;1-2;/h4-5,8-9,11-14H,2-3,6-7,10,15-16,18H2,1H3;1-8,14H;1-8H,9H2;2-8H2,1H3,(H,12,13,14);1H;;. The average Bonchev–Trinajstić information content (AvgIpc) is 4.31. The Hall–Kier alpha value is -4.16. The molecular formula is C64H65Br3ClI2N7O2V. The Bertz CT molecular complexity index is 3150. The Kier molecular flexibility index (Phi) is 30.0. The van der Waals surface area contributed by atoms with Crippen LogP contribution in [0.5, 0.6) is 0 Å². The van der Waals surface area contributed by atoms with Gasteiger partial charge in [-0.05, 0) is 107 Å². The van der Waals surface area contributed by atoms with E-state index in [4.69, 9.17) is 15.5 Å². The molecule has 415 valence electrons. The first-order chi connectivity index (χ1) is 38.0. The monoisotopic (exact) mass is 1540 g/mol. The zero-order valence-corrected chi connectivity index (χ0v) is 56.3. The normalized spacial score (nSPS) is 14.8. The van der Waals surface area contributed by atoms with E-state index < -0.39 is 5.54 Å². The molecular weight excluding hydrogens is 1480 g/mol. The van der Waals surface area contributed by atoms with Gasteiger partial charge in [-0.2, -0.15) is 15.8 Å². The topological polar surface area (TPSA) is 145 Å². The maximum absolute atomic E-state index is 13.3. The van der Waals surface area contributed by atoms with Crippen LogP contribution in [-0.2, 0) is 40.0 Å². The number of benzene rings is 6. The van der Waals surface area contributed by atoms with Crippen molar-refractivity contribution < 1.29 is 28.1 Å². The van der Waals surface area contributed by atoms with Gasteiger partial charge in [-0.15, -0.1) is 12.4 Å². The number of halogens is 6. The summed E-state index contributed by atoms with van der Waals surface area (Å²) in [6.07, 6.45) is 14.4. The second-order valence-corrected chi connectivity index (χ2v) is 23.2. The minimum atomic E-state index is -0.477. The summed E-state index contributed by atoms with van der Waals surface area (Å²) in [5, 5.41) is 31.2. The van der Waals surface area contributed by atoms with Gasteiger partial charge in [0.25, 0.3) is 11.8 Å². The number of rotatable bonds is 13. The van der Waals surface area contributed by atoms with Gasteiger partial charge >= 0.3 is 0 Å². The van der Waals surface area contributed by atoms with E-state index in [1.807, 2.05) is 126 Å². The van der Waals surface area contributed by atoms with E-state index >= 15 is 0 Å². The molecule has 6 aromatic rings. The SMILES string of the molecule is CCCCC1=NC2(CCCC2)C(=O)N1.CCCCC1=NC2(CCCC2)C(=O)N1Cc1ccc(-c2ccccc2C#N)cc1.Cl.II.N#Cc1ccccc1-c1ccc(C(Br)Br)cc1.N#Cc1ccccc1-c1ccc(CBr)cc1.[V]. The van der Waals surface area contributed by atoms with Gasteiger partial charge in [0.15, 0.2) is 0 Å². The van der Waals surface area contributed by atoms with Crippen LogP contribution in [0.4, 0.5) is 0 Å². The molecule has 4 aliphatic rings. The Balaban J connectivity index is 0.000000236. The smallest absolute Gasteiger partial charge is 0.256 e. The Labute approximate surface area is 540 Å². The fraction of sp³-hybridized carbons (Fsp3) is 0.328. The molecule has 2 aliphatic carbocycles. The van der Waals surface area contributed by atoms with Crippen LogP contribution < -0.4 is 5.32 Å². The molecule has 0 saturated heterocycles. The first kappa shape index (κ1) is 68.3. The minimum Gasteiger partial charge on any atom is -0.312 e. The number of carbonyl (C=O) groups excluding carboxylic acids is 2. The maximum Gasteiger partial charge on any atom is 0.256 e. The first-order valence-electron chi connectivity index (χ1n) is 26.6. The van der Waals surface area contributed by atoms with Crippen molar-refractivity contribution in [3.05, 3.63) is 179 Å². The molecule has 1 N–H and O–H groups in total. The van der Waals surface area contributed by atoms with Crippen molar-refractivity contribution in [2.24, 2.45) is 9.98 Å². The molecule has 2 heterocycles. The van der Waals surface area contributed by atoms with Crippen LogP contribution in [0.15, 0.2) is 156 Å². The second kappa shape index (κ2) is 35.1. The van der Waals surface area contributed by atoms with Crippen molar-refractivity contribution in [2.75, 3.05) is 0 Å². The molecule has 1 radical (unpaired) electrons. The summed E-state index contributed by atoms with van der Waals surface area (Å²) in [6.45, 7) is 4.90. The summed E-state index contributed by atoms with van der Waals surface area (Å²) in [5.74, 6) is 2.25. The van der Waals surface area contributed by atoms with Gasteiger partial charge < -0.3 is 5.32 Å². The van der Waals surface area contributed by atoms with E-state index in [0.717, 1.165) is 151 Å². The third kappa shape index (κ3) is 18.2. The van der Waals surface area contributed by atoms with Gasteiger partial charge in [0.2, 0.25) is 0 Å². The Morgan fingerprint density at radius 3 is 1.40 bits per heavy atom. The van der Waals surface area contributed by atoms with Crippen molar-refractivity contribution in [2.45, 2.75) is 130 Å². The van der Waals surface area contributed by atoms with Crippen molar-refractivity contribution in [1.29, 1.82) is 15.8 Å². The van der Waals surface area contributed by atoms with E-state index in [1.165, 1.54) is 5.56 Å². The van der Waals surface area contributed by atoms with Crippen LogP contribution in [-0.4, -0.2) is 39.5 Å². The van der Waals surface area contributed by atoms with Crippen LogP contribution in [0.2, 0.25) is 0 Å². The molecule has 2 fully saturated rings. The predicted molar refractivity (Wildman–Crippen MR) is 353 cm³/mol. The van der Waals surface area contributed by atoms with E-state index in [0.29, 0.717) is 23.2 Å². The van der Waals surface area contributed by atoms with Crippen LogP contribution in [0, 0.1) is 34.0 Å². The average molecular weight is 1540 g/mol. The molecule has 0 unspecified atom stereocenters. The van der Waals surface area contributed by atoms with Gasteiger partial charge in [-0.25, -0.2) is 0 Å². The summed E-state index contributed by atoms with van der Waals surface area (Å²) >= 11 is 14.6. The number of hydrogen-bond acceptors (Lipinski definition) is 7. The van der Waals surface area contributed by atoms with Crippen molar-refractivity contribution in [1.82, 2.24) is 10.2 Å². The fourth-order valence-corrected chi connectivity index (χ4v) is 11.1. The number of amidine groups is 2. The molecule has 2 spiro atoms. The van der Waals surface area contributed by atoms with Crippen molar-refractivity contribution >= 4 is 121 Å². The molecule has 2 saturated carbocycles. The second-order valence-electron chi connectivity index (χ2n) is 19.5. The Morgan fingerprint density at radius 1 is 0.588 bits per heavy atom. The summed E-state index contributed by atoms with van der Waals surface area (Å²) in [5.41, 5.74) is 10.8. The van der Waals surface area contributed by atoms with Crippen LogP contribution in [0.1, 0.15) is 141 Å². The molecule has 0 bridgehead atoms. The molecule has 2 aliphatic heterocycles. The number of nitriles is 3. The molecule has 6 aromatic carbocycles. The van der Waals surface area contributed by atoms with E-state index in [1.54, 1.807) is 0 Å². The molecule has 9 nitrogen and oxygen atoms in total. The molecule has 0 aromatic heterocycles. The molecule has 16 heteroatoms. The van der Waals surface area contributed by atoms with Gasteiger partial charge in [-0.3, -0.25) is 24.5 Å². The number of unbranched alkanes of at least 4 members (excludes halogenated alkanes) is 2. The number of carbonyl (C=O) groups is 2. The number of hydrogen-bond donors (Lipinski definition) is 1. The van der Waals surface area contributed by atoms with Gasteiger partial charge in [0.1, 0.15) is 22.7 Å². The summed E-state index contributed by atoms with van der Waals surface area (Å²) in [7, 11) is 0.